The van der Waals surface area contributed by atoms with Crippen molar-refractivity contribution in [3.8, 4) is 11.4 Å². The monoisotopic (exact) mass is 385 g/mol. The minimum absolute atomic E-state index is 0.0575. The van der Waals surface area contributed by atoms with Crippen molar-refractivity contribution in [3.05, 3.63) is 36.2 Å². The minimum Gasteiger partial charge on any atom is -0.378 e. The molecule has 0 N–H and O–H groups in total. The molecule has 1 aromatic carbocycles. The molecule has 1 aromatic heterocycles. The van der Waals surface area contributed by atoms with E-state index in [0.717, 1.165) is 31.7 Å². The number of hydrogen-bond acceptors (Lipinski definition) is 7. The third-order valence-corrected chi connectivity index (χ3v) is 5.51. The van der Waals surface area contributed by atoms with Gasteiger partial charge in [0.05, 0.1) is 25.8 Å². The van der Waals surface area contributed by atoms with E-state index in [1.807, 2.05) is 35.2 Å². The van der Waals surface area contributed by atoms with Crippen molar-refractivity contribution < 1.29 is 14.1 Å². The number of carbonyl (C=O) groups excluding carboxylic acids is 1. The Balaban J connectivity index is 1.29. The molecule has 0 bridgehead atoms. The molecule has 2 saturated heterocycles. The third-order valence-electron chi connectivity index (χ3n) is 5.51. The summed E-state index contributed by atoms with van der Waals surface area (Å²) < 4.78 is 10.8. The van der Waals surface area contributed by atoms with Crippen LogP contribution < -0.4 is 0 Å². The Morgan fingerprint density at radius 1 is 1.07 bits per heavy atom. The van der Waals surface area contributed by atoms with Crippen molar-refractivity contribution in [2.75, 3.05) is 59.0 Å². The molecule has 0 saturated carbocycles. The molecule has 0 aliphatic carbocycles. The zero-order chi connectivity index (χ0) is 19.3. The molecule has 1 amide bonds. The number of rotatable bonds is 5. The van der Waals surface area contributed by atoms with Crippen LogP contribution >= 0.6 is 0 Å². The fourth-order valence-electron chi connectivity index (χ4n) is 3.68. The fraction of sp³-hybridized carbons (Fsp3) is 0.550. The number of nitrogens with zero attached hydrogens (tertiary/aromatic N) is 5. The number of morpholine rings is 1. The molecular weight excluding hydrogens is 358 g/mol. The van der Waals surface area contributed by atoms with Crippen LogP contribution in [0.1, 0.15) is 18.9 Å². The molecule has 4 rings (SSSR count). The van der Waals surface area contributed by atoms with Crippen molar-refractivity contribution in [1.29, 1.82) is 0 Å². The van der Waals surface area contributed by atoms with Crippen molar-refractivity contribution >= 4 is 5.91 Å². The Hall–Kier alpha value is -2.29. The highest BCUT2D eigenvalue weighted by atomic mass is 16.5. The first-order valence-electron chi connectivity index (χ1n) is 9.91. The molecule has 2 fully saturated rings. The number of amides is 1. The van der Waals surface area contributed by atoms with E-state index in [9.17, 15) is 4.79 Å². The van der Waals surface area contributed by atoms with Crippen molar-refractivity contribution in [2.24, 2.45) is 0 Å². The second-order valence-corrected chi connectivity index (χ2v) is 7.30. The molecule has 8 nitrogen and oxygen atoms in total. The van der Waals surface area contributed by atoms with Gasteiger partial charge in [0.25, 0.3) is 0 Å². The predicted molar refractivity (Wildman–Crippen MR) is 104 cm³/mol. The Labute approximate surface area is 165 Å². The van der Waals surface area contributed by atoms with Crippen LogP contribution in [0.2, 0.25) is 0 Å². The normalized spacial score (nSPS) is 20.2. The van der Waals surface area contributed by atoms with E-state index in [2.05, 4.69) is 26.9 Å². The lowest BCUT2D eigenvalue weighted by molar-refractivity contribution is -0.137. The summed E-state index contributed by atoms with van der Waals surface area (Å²) in [5.74, 6) is 1.46. The van der Waals surface area contributed by atoms with E-state index in [1.54, 1.807) is 0 Å². The first kappa shape index (κ1) is 19.0. The van der Waals surface area contributed by atoms with Gasteiger partial charge in [-0.2, -0.15) is 4.98 Å². The number of piperazine rings is 1. The maximum absolute atomic E-state index is 12.4. The number of carbonyl (C=O) groups is 1. The van der Waals surface area contributed by atoms with E-state index < -0.39 is 0 Å². The smallest absolute Gasteiger partial charge is 0.244 e. The maximum atomic E-state index is 12.4. The quantitative estimate of drug-likeness (QED) is 0.767. The highest BCUT2D eigenvalue weighted by molar-refractivity contribution is 5.78. The van der Waals surface area contributed by atoms with Crippen molar-refractivity contribution in [1.82, 2.24) is 24.8 Å². The van der Waals surface area contributed by atoms with Gasteiger partial charge in [-0.15, -0.1) is 0 Å². The van der Waals surface area contributed by atoms with Crippen LogP contribution in [0.15, 0.2) is 34.9 Å². The summed E-state index contributed by atoms with van der Waals surface area (Å²) in [6.45, 7) is 8.75. The SMILES string of the molecule is CC(c1nc(-c2ccccc2)no1)N1CCN(CC(=O)N2CCOCC2)CC1. The summed E-state index contributed by atoms with van der Waals surface area (Å²) in [7, 11) is 0. The topological polar surface area (TPSA) is 74.9 Å². The average molecular weight is 385 g/mol. The van der Waals surface area contributed by atoms with Gasteiger partial charge in [-0.25, -0.2) is 0 Å². The molecule has 0 radical (unpaired) electrons. The third kappa shape index (κ3) is 4.40. The van der Waals surface area contributed by atoms with E-state index in [-0.39, 0.29) is 11.9 Å². The molecule has 2 aliphatic rings. The Morgan fingerprint density at radius 2 is 1.79 bits per heavy atom. The van der Waals surface area contributed by atoms with Crippen LogP contribution in [0.25, 0.3) is 11.4 Å². The largest absolute Gasteiger partial charge is 0.378 e. The standard InChI is InChI=1S/C20H27N5O3/c1-16(20-21-19(22-28-20)17-5-3-2-4-6-17)24-9-7-23(8-10-24)15-18(26)25-11-13-27-14-12-25/h2-6,16H,7-15H2,1H3. The summed E-state index contributed by atoms with van der Waals surface area (Å²) in [6, 6.07) is 9.91. The minimum atomic E-state index is 0.0575. The first-order chi connectivity index (χ1) is 13.7. The van der Waals surface area contributed by atoms with Gasteiger partial charge in [0.2, 0.25) is 17.6 Å². The highest BCUT2D eigenvalue weighted by Gasteiger charge is 2.27. The second kappa shape index (κ2) is 8.81. The fourth-order valence-corrected chi connectivity index (χ4v) is 3.68. The van der Waals surface area contributed by atoms with Crippen molar-refractivity contribution in [3.63, 3.8) is 0 Å². The summed E-state index contributed by atoms with van der Waals surface area (Å²) in [6.07, 6.45) is 0. The first-order valence-corrected chi connectivity index (χ1v) is 9.91. The number of benzene rings is 1. The summed E-state index contributed by atoms with van der Waals surface area (Å²) in [5, 5.41) is 4.12. The van der Waals surface area contributed by atoms with Gasteiger partial charge in [-0.3, -0.25) is 14.6 Å². The van der Waals surface area contributed by atoms with E-state index in [4.69, 9.17) is 9.26 Å². The lowest BCUT2D eigenvalue weighted by Gasteiger charge is -2.37. The van der Waals surface area contributed by atoms with Gasteiger partial charge < -0.3 is 14.2 Å². The van der Waals surface area contributed by atoms with Crippen LogP contribution in [-0.4, -0.2) is 89.8 Å². The zero-order valence-corrected chi connectivity index (χ0v) is 16.3. The molecule has 8 heteroatoms. The Morgan fingerprint density at radius 3 is 2.50 bits per heavy atom. The summed E-state index contributed by atoms with van der Waals surface area (Å²) >= 11 is 0. The second-order valence-electron chi connectivity index (χ2n) is 7.30. The number of hydrogen-bond donors (Lipinski definition) is 0. The zero-order valence-electron chi connectivity index (χ0n) is 16.3. The van der Waals surface area contributed by atoms with Gasteiger partial charge in [-0.1, -0.05) is 35.5 Å². The van der Waals surface area contributed by atoms with Gasteiger partial charge >= 0.3 is 0 Å². The average Bonchev–Trinajstić information content (AvgIpc) is 3.25. The summed E-state index contributed by atoms with van der Waals surface area (Å²) in [4.78, 5) is 23.5. The van der Waals surface area contributed by atoms with Gasteiger partial charge in [0.15, 0.2) is 0 Å². The molecule has 2 aromatic rings. The molecular formula is C20H27N5O3. The van der Waals surface area contributed by atoms with Crippen LogP contribution in [0, 0.1) is 0 Å². The van der Waals surface area contributed by atoms with Crippen LogP contribution in [0.3, 0.4) is 0 Å². The van der Waals surface area contributed by atoms with Crippen molar-refractivity contribution in [2.45, 2.75) is 13.0 Å². The van der Waals surface area contributed by atoms with Crippen LogP contribution in [0.5, 0.6) is 0 Å². The molecule has 3 heterocycles. The van der Waals surface area contributed by atoms with E-state index >= 15 is 0 Å². The molecule has 1 atom stereocenters. The van der Waals surface area contributed by atoms with Crippen LogP contribution in [-0.2, 0) is 9.53 Å². The lowest BCUT2D eigenvalue weighted by Crippen LogP contribution is -2.51. The number of ether oxygens (including phenoxy) is 1. The molecule has 1 unspecified atom stereocenters. The van der Waals surface area contributed by atoms with E-state index in [1.165, 1.54) is 0 Å². The summed E-state index contributed by atoms with van der Waals surface area (Å²) in [5.41, 5.74) is 0.955. The van der Waals surface area contributed by atoms with Gasteiger partial charge in [0, 0.05) is 44.8 Å². The van der Waals surface area contributed by atoms with E-state index in [0.29, 0.717) is 44.6 Å². The number of aromatic nitrogens is 2. The molecule has 150 valence electrons. The van der Waals surface area contributed by atoms with Gasteiger partial charge in [0.1, 0.15) is 0 Å². The lowest BCUT2D eigenvalue weighted by atomic mass is 10.2. The predicted octanol–water partition coefficient (Wildman–Crippen LogP) is 1.27. The molecule has 0 spiro atoms. The molecule has 28 heavy (non-hydrogen) atoms. The van der Waals surface area contributed by atoms with Gasteiger partial charge in [-0.05, 0) is 6.92 Å². The molecule has 2 aliphatic heterocycles. The van der Waals surface area contributed by atoms with Crippen LogP contribution in [0.4, 0.5) is 0 Å². The Kier molecular flexibility index (Phi) is 5.99. The highest BCUT2D eigenvalue weighted by Crippen LogP contribution is 2.23. The maximum Gasteiger partial charge on any atom is 0.244 e. The Bertz CT molecular complexity index is 767.